The third kappa shape index (κ3) is 3.36. The van der Waals surface area contributed by atoms with Crippen molar-refractivity contribution in [3.05, 3.63) is 33.9 Å². The SMILES string of the molecule is CNc1c(C(=O)N(C)CC(F)F)cccc1[N+](=O)[O-]. The average Bonchev–Trinajstić information content (AvgIpc) is 2.35. The number of benzene rings is 1. The normalized spacial score (nSPS) is 10.4. The molecule has 1 rings (SSSR count). The van der Waals surface area contributed by atoms with Crippen LogP contribution in [0.4, 0.5) is 20.2 Å². The molecule has 8 heteroatoms. The monoisotopic (exact) mass is 273 g/mol. The van der Waals surface area contributed by atoms with E-state index in [2.05, 4.69) is 5.32 Å². The summed E-state index contributed by atoms with van der Waals surface area (Å²) >= 11 is 0. The van der Waals surface area contributed by atoms with Crippen molar-refractivity contribution in [2.75, 3.05) is 26.0 Å². The summed E-state index contributed by atoms with van der Waals surface area (Å²) in [5, 5.41) is 13.4. The summed E-state index contributed by atoms with van der Waals surface area (Å²) < 4.78 is 24.5. The van der Waals surface area contributed by atoms with Gasteiger partial charge in [-0.25, -0.2) is 8.78 Å². The standard InChI is InChI=1S/C11H13F2N3O3/c1-14-10-7(4-3-5-8(10)16(18)19)11(17)15(2)6-9(12)13/h3-5,9,14H,6H2,1-2H3. The van der Waals surface area contributed by atoms with Crippen molar-refractivity contribution in [1.82, 2.24) is 4.90 Å². The number of rotatable bonds is 5. The number of nitrogens with zero attached hydrogens (tertiary/aromatic N) is 2. The summed E-state index contributed by atoms with van der Waals surface area (Å²) in [7, 11) is 2.64. The molecule has 0 aromatic heterocycles. The van der Waals surface area contributed by atoms with Crippen molar-refractivity contribution in [3.63, 3.8) is 0 Å². The third-order valence-corrected chi connectivity index (χ3v) is 2.48. The molecule has 1 aromatic rings. The Kier molecular flexibility index (Phi) is 4.74. The van der Waals surface area contributed by atoms with E-state index in [4.69, 9.17) is 0 Å². The van der Waals surface area contributed by atoms with Gasteiger partial charge in [-0.05, 0) is 6.07 Å². The summed E-state index contributed by atoms with van der Waals surface area (Å²) in [4.78, 5) is 23.0. The van der Waals surface area contributed by atoms with Gasteiger partial charge >= 0.3 is 0 Å². The Labute approximate surface area is 108 Å². The number of halogens is 2. The van der Waals surface area contributed by atoms with Crippen LogP contribution < -0.4 is 5.32 Å². The predicted octanol–water partition coefficient (Wildman–Crippen LogP) is 1.97. The van der Waals surface area contributed by atoms with Crippen LogP contribution in [-0.4, -0.2) is 42.8 Å². The number of nitrogens with one attached hydrogen (secondary N) is 1. The lowest BCUT2D eigenvalue weighted by Crippen LogP contribution is -2.31. The molecule has 1 N–H and O–H groups in total. The summed E-state index contributed by atoms with van der Waals surface area (Å²) in [5.74, 6) is -0.701. The Balaban J connectivity index is 3.16. The molecule has 0 bridgehead atoms. The zero-order valence-corrected chi connectivity index (χ0v) is 10.4. The van der Waals surface area contributed by atoms with Crippen LogP contribution >= 0.6 is 0 Å². The second-order valence-electron chi connectivity index (χ2n) is 3.78. The van der Waals surface area contributed by atoms with Gasteiger partial charge in [0.05, 0.1) is 17.0 Å². The van der Waals surface area contributed by atoms with E-state index in [0.717, 1.165) is 4.90 Å². The first-order chi connectivity index (χ1) is 8.88. The van der Waals surface area contributed by atoms with Crippen LogP contribution in [0.3, 0.4) is 0 Å². The van der Waals surface area contributed by atoms with Gasteiger partial charge in [0.2, 0.25) is 0 Å². The molecule has 0 fully saturated rings. The zero-order chi connectivity index (χ0) is 14.6. The lowest BCUT2D eigenvalue weighted by molar-refractivity contribution is -0.384. The van der Waals surface area contributed by atoms with E-state index in [9.17, 15) is 23.7 Å². The van der Waals surface area contributed by atoms with Crippen LogP contribution in [0.1, 0.15) is 10.4 Å². The fourth-order valence-electron chi connectivity index (χ4n) is 1.63. The number of nitro benzene ring substituents is 1. The number of carbonyl (C=O) groups excluding carboxylic acids is 1. The first-order valence-electron chi connectivity index (χ1n) is 5.37. The molecular weight excluding hydrogens is 260 g/mol. The van der Waals surface area contributed by atoms with Gasteiger partial charge in [0.15, 0.2) is 0 Å². The molecule has 1 aromatic carbocycles. The highest BCUT2D eigenvalue weighted by molar-refractivity contribution is 6.01. The van der Waals surface area contributed by atoms with E-state index in [1.165, 1.54) is 32.3 Å². The van der Waals surface area contributed by atoms with Crippen molar-refractivity contribution < 1.29 is 18.5 Å². The van der Waals surface area contributed by atoms with Crippen LogP contribution in [0.2, 0.25) is 0 Å². The minimum Gasteiger partial charge on any atom is -0.382 e. The lowest BCUT2D eigenvalue weighted by Gasteiger charge is -2.18. The Morgan fingerprint density at radius 1 is 1.53 bits per heavy atom. The predicted molar refractivity (Wildman–Crippen MR) is 65.6 cm³/mol. The Hall–Kier alpha value is -2.25. The van der Waals surface area contributed by atoms with E-state index < -0.39 is 23.8 Å². The zero-order valence-electron chi connectivity index (χ0n) is 10.4. The highest BCUT2D eigenvalue weighted by Gasteiger charge is 2.23. The Morgan fingerprint density at radius 2 is 2.16 bits per heavy atom. The Bertz CT molecular complexity index is 494. The minimum atomic E-state index is -2.66. The smallest absolute Gasteiger partial charge is 0.293 e. The second kappa shape index (κ2) is 6.07. The molecule has 0 radical (unpaired) electrons. The number of alkyl halides is 2. The lowest BCUT2D eigenvalue weighted by atomic mass is 10.1. The highest BCUT2D eigenvalue weighted by atomic mass is 19.3. The van der Waals surface area contributed by atoms with Gasteiger partial charge in [0, 0.05) is 20.2 Å². The van der Waals surface area contributed by atoms with E-state index >= 15 is 0 Å². The quantitative estimate of drug-likeness (QED) is 0.657. The van der Waals surface area contributed by atoms with Crippen LogP contribution in [0, 0.1) is 10.1 Å². The van der Waals surface area contributed by atoms with Crippen molar-refractivity contribution in [3.8, 4) is 0 Å². The van der Waals surface area contributed by atoms with Crippen LogP contribution in [-0.2, 0) is 0 Å². The molecular formula is C11H13F2N3O3. The van der Waals surface area contributed by atoms with Crippen LogP contribution in [0.25, 0.3) is 0 Å². The van der Waals surface area contributed by atoms with Crippen molar-refractivity contribution in [1.29, 1.82) is 0 Å². The molecule has 0 aliphatic carbocycles. The van der Waals surface area contributed by atoms with E-state index in [0.29, 0.717) is 0 Å². The van der Waals surface area contributed by atoms with Gasteiger partial charge in [0.25, 0.3) is 18.0 Å². The highest BCUT2D eigenvalue weighted by Crippen LogP contribution is 2.28. The minimum absolute atomic E-state index is 0.0126. The fourth-order valence-corrected chi connectivity index (χ4v) is 1.63. The maximum atomic E-state index is 12.2. The number of anilines is 1. The number of hydrogen-bond acceptors (Lipinski definition) is 4. The summed E-state index contributed by atoms with van der Waals surface area (Å²) in [6.07, 6.45) is -2.66. The molecule has 0 heterocycles. The second-order valence-corrected chi connectivity index (χ2v) is 3.78. The molecule has 104 valence electrons. The van der Waals surface area contributed by atoms with Gasteiger partial charge in [-0.15, -0.1) is 0 Å². The van der Waals surface area contributed by atoms with Crippen LogP contribution in [0.5, 0.6) is 0 Å². The first-order valence-corrected chi connectivity index (χ1v) is 5.37. The fraction of sp³-hybridized carbons (Fsp3) is 0.364. The third-order valence-electron chi connectivity index (χ3n) is 2.48. The summed E-state index contributed by atoms with van der Waals surface area (Å²) in [6.45, 7) is -0.731. The van der Waals surface area contributed by atoms with Gasteiger partial charge in [0.1, 0.15) is 5.69 Å². The topological polar surface area (TPSA) is 75.5 Å². The molecule has 0 aliphatic rings. The van der Waals surface area contributed by atoms with Crippen molar-refractivity contribution in [2.45, 2.75) is 6.43 Å². The molecule has 6 nitrogen and oxygen atoms in total. The summed E-state index contributed by atoms with van der Waals surface area (Å²) in [5.41, 5.74) is -0.280. The van der Waals surface area contributed by atoms with E-state index in [-0.39, 0.29) is 16.9 Å². The molecule has 0 aliphatic heterocycles. The average molecular weight is 273 g/mol. The molecule has 0 saturated carbocycles. The molecule has 0 saturated heterocycles. The number of hydrogen-bond donors (Lipinski definition) is 1. The molecule has 1 amide bonds. The van der Waals surface area contributed by atoms with E-state index in [1.54, 1.807) is 0 Å². The number of para-hydroxylation sites is 1. The molecule has 0 atom stereocenters. The molecule has 19 heavy (non-hydrogen) atoms. The van der Waals surface area contributed by atoms with Gasteiger partial charge in [-0.1, -0.05) is 6.07 Å². The number of amides is 1. The van der Waals surface area contributed by atoms with E-state index in [1.807, 2.05) is 0 Å². The first kappa shape index (κ1) is 14.8. The maximum Gasteiger partial charge on any atom is 0.293 e. The van der Waals surface area contributed by atoms with Crippen molar-refractivity contribution >= 4 is 17.3 Å². The Morgan fingerprint density at radius 3 is 2.63 bits per heavy atom. The molecule has 0 spiro atoms. The van der Waals surface area contributed by atoms with Gasteiger partial charge < -0.3 is 10.2 Å². The maximum absolute atomic E-state index is 12.2. The van der Waals surface area contributed by atoms with Gasteiger partial charge in [-0.3, -0.25) is 14.9 Å². The molecule has 0 unspecified atom stereocenters. The largest absolute Gasteiger partial charge is 0.382 e. The summed E-state index contributed by atoms with van der Waals surface area (Å²) in [6, 6.07) is 3.92. The number of carbonyl (C=O) groups is 1. The van der Waals surface area contributed by atoms with Crippen molar-refractivity contribution in [2.24, 2.45) is 0 Å². The van der Waals surface area contributed by atoms with Crippen LogP contribution in [0.15, 0.2) is 18.2 Å². The number of nitro groups is 1. The van der Waals surface area contributed by atoms with Gasteiger partial charge in [-0.2, -0.15) is 0 Å².